The Morgan fingerprint density at radius 2 is 1.91 bits per heavy atom. The standard InChI is InChI=1S/C15H19ClN2O4/c1-9(2)8-17-13(19)7-14(20)18-12-6-10(15(21)22-3)4-5-11(12)16/h4-6,9H,7-8H2,1-3H3,(H,17,19)(H,18,20). The molecule has 0 atom stereocenters. The molecule has 0 bridgehead atoms. The number of amides is 2. The summed E-state index contributed by atoms with van der Waals surface area (Å²) in [5.74, 6) is -1.11. The first-order chi connectivity index (χ1) is 10.3. The lowest BCUT2D eigenvalue weighted by molar-refractivity contribution is -0.126. The Kier molecular flexibility index (Phi) is 6.85. The van der Waals surface area contributed by atoms with Crippen molar-refractivity contribution in [1.82, 2.24) is 5.32 Å². The zero-order valence-electron chi connectivity index (χ0n) is 12.7. The molecule has 0 saturated carbocycles. The van der Waals surface area contributed by atoms with Gasteiger partial charge in [-0.1, -0.05) is 25.4 Å². The molecule has 2 N–H and O–H groups in total. The van der Waals surface area contributed by atoms with Crippen molar-refractivity contribution in [2.45, 2.75) is 20.3 Å². The minimum atomic E-state index is -0.540. The second-order valence-corrected chi connectivity index (χ2v) is 5.52. The molecular weight excluding hydrogens is 308 g/mol. The molecule has 0 unspecified atom stereocenters. The number of anilines is 1. The number of carbonyl (C=O) groups excluding carboxylic acids is 3. The van der Waals surface area contributed by atoms with Crippen LogP contribution in [0.2, 0.25) is 5.02 Å². The molecule has 22 heavy (non-hydrogen) atoms. The van der Waals surface area contributed by atoms with E-state index in [1.54, 1.807) is 0 Å². The lowest BCUT2D eigenvalue weighted by atomic mass is 10.2. The Morgan fingerprint density at radius 3 is 2.50 bits per heavy atom. The molecule has 0 spiro atoms. The highest BCUT2D eigenvalue weighted by molar-refractivity contribution is 6.34. The first-order valence-corrected chi connectivity index (χ1v) is 7.15. The van der Waals surface area contributed by atoms with Crippen LogP contribution in [0.4, 0.5) is 5.69 Å². The van der Waals surface area contributed by atoms with E-state index in [9.17, 15) is 14.4 Å². The normalized spacial score (nSPS) is 10.2. The second kappa shape index (κ2) is 8.38. The van der Waals surface area contributed by atoms with Gasteiger partial charge in [-0.05, 0) is 24.1 Å². The number of halogens is 1. The van der Waals surface area contributed by atoms with Crippen LogP contribution in [0.15, 0.2) is 18.2 Å². The van der Waals surface area contributed by atoms with Crippen LogP contribution in [-0.4, -0.2) is 31.4 Å². The van der Waals surface area contributed by atoms with Gasteiger partial charge in [0.2, 0.25) is 11.8 Å². The maximum Gasteiger partial charge on any atom is 0.337 e. The molecule has 0 heterocycles. The highest BCUT2D eigenvalue weighted by atomic mass is 35.5. The molecule has 1 aromatic carbocycles. The molecule has 6 nitrogen and oxygen atoms in total. The molecular formula is C15H19ClN2O4. The second-order valence-electron chi connectivity index (χ2n) is 5.11. The zero-order valence-corrected chi connectivity index (χ0v) is 13.5. The first kappa shape index (κ1) is 18.0. The first-order valence-electron chi connectivity index (χ1n) is 6.78. The monoisotopic (exact) mass is 326 g/mol. The Labute approximate surface area is 134 Å². The number of esters is 1. The van der Waals surface area contributed by atoms with Gasteiger partial charge >= 0.3 is 5.97 Å². The van der Waals surface area contributed by atoms with E-state index in [1.165, 1.54) is 25.3 Å². The highest BCUT2D eigenvalue weighted by Crippen LogP contribution is 2.23. The van der Waals surface area contributed by atoms with E-state index < -0.39 is 11.9 Å². The molecule has 0 saturated heterocycles. The molecule has 0 aromatic heterocycles. The van der Waals surface area contributed by atoms with E-state index in [1.807, 2.05) is 13.8 Å². The van der Waals surface area contributed by atoms with Crippen molar-refractivity contribution >= 4 is 35.1 Å². The fourth-order valence-electron chi connectivity index (χ4n) is 1.59. The largest absolute Gasteiger partial charge is 0.465 e. The molecule has 2 amide bonds. The van der Waals surface area contributed by atoms with Crippen molar-refractivity contribution in [3.8, 4) is 0 Å². The summed E-state index contributed by atoms with van der Waals surface area (Å²) in [5, 5.41) is 5.42. The van der Waals surface area contributed by atoms with E-state index >= 15 is 0 Å². The SMILES string of the molecule is COC(=O)c1ccc(Cl)c(NC(=O)CC(=O)NCC(C)C)c1. The third-order valence-electron chi connectivity index (χ3n) is 2.69. The molecule has 0 aliphatic rings. The van der Waals surface area contributed by atoms with Crippen molar-refractivity contribution in [3.05, 3.63) is 28.8 Å². The van der Waals surface area contributed by atoms with Crippen LogP contribution < -0.4 is 10.6 Å². The fraction of sp³-hybridized carbons (Fsp3) is 0.400. The maximum absolute atomic E-state index is 11.8. The number of carbonyl (C=O) groups is 3. The van der Waals surface area contributed by atoms with Crippen LogP contribution in [0, 0.1) is 5.92 Å². The van der Waals surface area contributed by atoms with Gasteiger partial charge in [-0.2, -0.15) is 0 Å². The number of rotatable bonds is 6. The predicted molar refractivity (Wildman–Crippen MR) is 83.9 cm³/mol. The lowest BCUT2D eigenvalue weighted by Crippen LogP contribution is -2.30. The number of hydrogen-bond acceptors (Lipinski definition) is 4. The predicted octanol–water partition coefficient (Wildman–Crippen LogP) is 2.23. The van der Waals surface area contributed by atoms with Crippen molar-refractivity contribution in [1.29, 1.82) is 0 Å². The molecule has 7 heteroatoms. The van der Waals surface area contributed by atoms with Gasteiger partial charge in [0.25, 0.3) is 0 Å². The summed E-state index contributed by atoms with van der Waals surface area (Å²) in [6.07, 6.45) is -0.314. The molecule has 1 aromatic rings. The Bertz CT molecular complexity index is 573. The number of ether oxygens (including phenoxy) is 1. The minimum absolute atomic E-state index is 0.256. The fourth-order valence-corrected chi connectivity index (χ4v) is 1.75. The molecule has 0 aliphatic carbocycles. The van der Waals surface area contributed by atoms with Gasteiger partial charge in [0, 0.05) is 6.54 Å². The number of methoxy groups -OCH3 is 1. The number of benzene rings is 1. The van der Waals surface area contributed by atoms with E-state index in [-0.39, 0.29) is 28.6 Å². The van der Waals surface area contributed by atoms with Gasteiger partial charge < -0.3 is 15.4 Å². The van der Waals surface area contributed by atoms with Gasteiger partial charge in [0.05, 0.1) is 23.4 Å². The third kappa shape index (κ3) is 5.73. The maximum atomic E-state index is 11.8. The van der Waals surface area contributed by atoms with Gasteiger partial charge in [-0.3, -0.25) is 9.59 Å². The van der Waals surface area contributed by atoms with Crippen LogP contribution in [0.5, 0.6) is 0 Å². The van der Waals surface area contributed by atoms with Gasteiger partial charge in [0.15, 0.2) is 0 Å². The van der Waals surface area contributed by atoms with Gasteiger partial charge in [-0.25, -0.2) is 4.79 Å². The third-order valence-corrected chi connectivity index (χ3v) is 3.02. The Balaban J connectivity index is 2.67. The van der Waals surface area contributed by atoms with Crippen LogP contribution in [0.3, 0.4) is 0 Å². The summed E-state index contributed by atoms with van der Waals surface area (Å²) in [4.78, 5) is 34.8. The van der Waals surface area contributed by atoms with Crippen molar-refractivity contribution in [3.63, 3.8) is 0 Å². The highest BCUT2D eigenvalue weighted by Gasteiger charge is 2.14. The van der Waals surface area contributed by atoms with Crippen molar-refractivity contribution in [2.75, 3.05) is 19.0 Å². The molecule has 1 rings (SSSR count). The van der Waals surface area contributed by atoms with Crippen molar-refractivity contribution < 1.29 is 19.1 Å². The van der Waals surface area contributed by atoms with Gasteiger partial charge in [-0.15, -0.1) is 0 Å². The summed E-state index contributed by atoms with van der Waals surface area (Å²) in [6, 6.07) is 4.36. The number of nitrogens with one attached hydrogen (secondary N) is 2. The molecule has 0 fully saturated rings. The Morgan fingerprint density at radius 1 is 1.23 bits per heavy atom. The average molecular weight is 327 g/mol. The van der Waals surface area contributed by atoms with Crippen LogP contribution in [0.25, 0.3) is 0 Å². The number of hydrogen-bond donors (Lipinski definition) is 2. The van der Waals surface area contributed by atoms with E-state index in [4.69, 9.17) is 11.6 Å². The lowest BCUT2D eigenvalue weighted by Gasteiger charge is -2.10. The molecule has 120 valence electrons. The quantitative estimate of drug-likeness (QED) is 0.620. The Hall–Kier alpha value is -2.08. The summed E-state index contributed by atoms with van der Waals surface area (Å²) in [7, 11) is 1.26. The van der Waals surface area contributed by atoms with Crippen LogP contribution in [0.1, 0.15) is 30.6 Å². The smallest absolute Gasteiger partial charge is 0.337 e. The van der Waals surface area contributed by atoms with Gasteiger partial charge in [0.1, 0.15) is 6.42 Å². The van der Waals surface area contributed by atoms with Crippen molar-refractivity contribution in [2.24, 2.45) is 5.92 Å². The summed E-state index contributed by atoms with van der Waals surface area (Å²) in [5.41, 5.74) is 0.512. The molecule has 0 aliphatic heterocycles. The van der Waals surface area contributed by atoms with E-state index in [0.717, 1.165) is 0 Å². The summed E-state index contributed by atoms with van der Waals surface area (Å²) >= 11 is 5.96. The molecule has 0 radical (unpaired) electrons. The summed E-state index contributed by atoms with van der Waals surface area (Å²) in [6.45, 7) is 4.42. The topological polar surface area (TPSA) is 84.5 Å². The van der Waals surface area contributed by atoms with Crippen LogP contribution in [-0.2, 0) is 14.3 Å². The minimum Gasteiger partial charge on any atom is -0.465 e. The van der Waals surface area contributed by atoms with Crippen LogP contribution >= 0.6 is 11.6 Å². The average Bonchev–Trinajstić information content (AvgIpc) is 2.46. The van der Waals surface area contributed by atoms with E-state index in [2.05, 4.69) is 15.4 Å². The summed E-state index contributed by atoms with van der Waals surface area (Å²) < 4.78 is 4.60. The zero-order chi connectivity index (χ0) is 16.7. The van der Waals surface area contributed by atoms with E-state index in [0.29, 0.717) is 12.5 Å².